The van der Waals surface area contributed by atoms with Crippen molar-refractivity contribution in [2.24, 2.45) is 5.92 Å². The molecule has 0 aromatic heterocycles. The molecule has 4 aliphatic heterocycles. The monoisotopic (exact) mass is 823 g/mol. The number of likely N-dealkylation sites (N-methyl/N-ethyl adjacent to an activating group) is 1. The summed E-state index contributed by atoms with van der Waals surface area (Å²) in [6, 6.07) is 3.55. The van der Waals surface area contributed by atoms with E-state index in [0.717, 1.165) is 36.2 Å². The molecule has 55 heavy (non-hydrogen) atoms. The molecule has 3 fully saturated rings. The first-order chi connectivity index (χ1) is 25.9. The number of anilines is 1. The lowest BCUT2D eigenvalue weighted by atomic mass is 9.83. The molecule has 0 aliphatic carbocycles. The number of hydrogen-bond donors (Lipinski definition) is 3. The second-order valence-electron chi connectivity index (χ2n) is 15.6. The van der Waals surface area contributed by atoms with Crippen molar-refractivity contribution in [3.8, 4) is 5.75 Å². The summed E-state index contributed by atoms with van der Waals surface area (Å²) < 4.78 is 23.6. The molecule has 4 aliphatic rings. The molecule has 1 aromatic rings. The van der Waals surface area contributed by atoms with Crippen molar-refractivity contribution >= 4 is 62.8 Å². The van der Waals surface area contributed by atoms with Crippen LogP contribution in [0, 0.1) is 5.92 Å². The molecular formula is C39H54ClN3O10S2. The number of halogens is 1. The number of hydrogen-bond acceptors (Lipinski definition) is 12. The van der Waals surface area contributed by atoms with E-state index in [1.165, 1.54) is 23.0 Å². The topological polar surface area (TPSA) is 167 Å². The van der Waals surface area contributed by atoms with Crippen molar-refractivity contribution in [1.82, 2.24) is 10.2 Å². The molecule has 0 saturated carbocycles. The van der Waals surface area contributed by atoms with Crippen LogP contribution in [0.5, 0.6) is 5.75 Å². The Morgan fingerprint density at radius 3 is 2.65 bits per heavy atom. The van der Waals surface area contributed by atoms with Gasteiger partial charge in [-0.05, 0) is 64.2 Å². The first-order valence-electron chi connectivity index (χ1n) is 18.7. The van der Waals surface area contributed by atoms with Gasteiger partial charge in [0.15, 0.2) is 5.72 Å². The first-order valence-corrected chi connectivity index (χ1v) is 21.4. The number of unbranched alkanes of at least 4 members (excludes halogenated alkanes) is 1. The van der Waals surface area contributed by atoms with E-state index < -0.39 is 59.6 Å². The smallest absolute Gasteiger partial charge is 0.409 e. The van der Waals surface area contributed by atoms with E-state index in [2.05, 4.69) is 12.2 Å². The maximum Gasteiger partial charge on any atom is 0.409 e. The highest BCUT2D eigenvalue weighted by atomic mass is 35.5. The molecule has 1 unspecified atom stereocenters. The van der Waals surface area contributed by atoms with Crippen LogP contribution in [0.4, 0.5) is 10.5 Å². The molecule has 0 radical (unpaired) electrons. The van der Waals surface area contributed by atoms with E-state index in [1.54, 1.807) is 52.2 Å². The van der Waals surface area contributed by atoms with Gasteiger partial charge >= 0.3 is 12.1 Å². The van der Waals surface area contributed by atoms with Crippen molar-refractivity contribution in [1.29, 1.82) is 0 Å². The zero-order chi connectivity index (χ0) is 40.3. The lowest BCUT2D eigenvalue weighted by Crippen LogP contribution is -2.63. The molecule has 0 spiro atoms. The van der Waals surface area contributed by atoms with Crippen LogP contribution in [-0.2, 0) is 35.0 Å². The fourth-order valence-electron chi connectivity index (χ4n) is 7.44. The minimum absolute atomic E-state index is 0.176. The number of carbonyl (C=O) groups is 4. The number of methoxy groups -OCH3 is 1. The van der Waals surface area contributed by atoms with Gasteiger partial charge in [-0.3, -0.25) is 19.7 Å². The largest absolute Gasteiger partial charge is 0.495 e. The number of benzene rings is 1. The van der Waals surface area contributed by atoms with Crippen LogP contribution in [0.25, 0.3) is 0 Å². The van der Waals surface area contributed by atoms with Crippen molar-refractivity contribution in [3.05, 3.63) is 46.5 Å². The van der Waals surface area contributed by atoms with E-state index in [1.807, 2.05) is 28.5 Å². The third-order valence-electron chi connectivity index (χ3n) is 11.1. The molecule has 1 aromatic carbocycles. The van der Waals surface area contributed by atoms with Gasteiger partial charge < -0.3 is 39.0 Å². The minimum atomic E-state index is -2.05. The fraction of sp³-hybridized carbons (Fsp3) is 0.641. The lowest BCUT2D eigenvalue weighted by molar-refractivity contribution is -0.157. The van der Waals surface area contributed by atoms with E-state index in [-0.39, 0.29) is 35.1 Å². The fourth-order valence-corrected chi connectivity index (χ4v) is 11.0. The van der Waals surface area contributed by atoms with Gasteiger partial charge in [0.2, 0.25) is 11.8 Å². The summed E-state index contributed by atoms with van der Waals surface area (Å²) in [6.07, 6.45) is 3.66. The van der Waals surface area contributed by atoms with Crippen molar-refractivity contribution in [2.75, 3.05) is 38.4 Å². The second-order valence-corrected chi connectivity index (χ2v) is 19.0. The van der Waals surface area contributed by atoms with Gasteiger partial charge in [0.25, 0.3) is 0 Å². The van der Waals surface area contributed by atoms with Gasteiger partial charge in [-0.2, -0.15) is 0 Å². The normalized spacial score (nSPS) is 34.0. The standard InChI is InChI=1S/C39H54ClN3O10S2/c1-23-11-10-12-29(44)39(49)21-28(51-36(48)41-39)24(2)35-38(4,53-35)30(20-32(46)43(6)26-18-25(17-23)19-27(50-7)34(26)40)52-33(47)22-42(5)31(45)13-8-9-14-37(3)15-16-54-55-37/h10-12,18-19,24,28-30,35,44,49H,8-9,13-17,20-22H2,1-7H3,(H,41,48)/b12-10+,23-11+/t24-,28+,29-,30?,35+,37-,38+,39+/m1/s1. The van der Waals surface area contributed by atoms with Crippen LogP contribution in [-0.4, -0.2) is 113 Å². The average Bonchev–Trinajstić information content (AvgIpc) is 3.64. The molecule has 8 atom stereocenters. The van der Waals surface area contributed by atoms with Crippen LogP contribution in [0.1, 0.15) is 78.2 Å². The number of fused-ring (bicyclic) bond motifs is 5. The maximum absolute atomic E-state index is 14.1. The predicted octanol–water partition coefficient (Wildman–Crippen LogP) is 5.58. The summed E-state index contributed by atoms with van der Waals surface area (Å²) in [6.45, 7) is 7.28. The first kappa shape index (κ1) is 43.2. The van der Waals surface area contributed by atoms with E-state index >= 15 is 0 Å². The molecule has 3 saturated heterocycles. The van der Waals surface area contributed by atoms with Gasteiger partial charge in [-0.25, -0.2) is 4.79 Å². The maximum atomic E-state index is 14.1. The Morgan fingerprint density at radius 2 is 1.96 bits per heavy atom. The Morgan fingerprint density at radius 1 is 1.22 bits per heavy atom. The summed E-state index contributed by atoms with van der Waals surface area (Å²) in [5.41, 5.74) is -1.23. The molecule has 304 valence electrons. The van der Waals surface area contributed by atoms with E-state index in [9.17, 15) is 29.4 Å². The number of esters is 1. The number of aliphatic hydroxyl groups excluding tert-OH is 1. The van der Waals surface area contributed by atoms with Crippen LogP contribution in [0.3, 0.4) is 0 Å². The van der Waals surface area contributed by atoms with Crippen LogP contribution < -0.4 is 15.0 Å². The summed E-state index contributed by atoms with van der Waals surface area (Å²) >= 11 is 6.74. The van der Waals surface area contributed by atoms with Crippen molar-refractivity contribution in [3.63, 3.8) is 0 Å². The van der Waals surface area contributed by atoms with Crippen LogP contribution in [0.2, 0.25) is 5.02 Å². The minimum Gasteiger partial charge on any atom is -0.495 e. The molecule has 13 nitrogen and oxygen atoms in total. The summed E-state index contributed by atoms with van der Waals surface area (Å²) in [4.78, 5) is 56.1. The number of ether oxygens (including phenoxy) is 4. The predicted molar refractivity (Wildman–Crippen MR) is 213 cm³/mol. The van der Waals surface area contributed by atoms with E-state index in [0.29, 0.717) is 30.7 Å². The molecule has 4 heterocycles. The molecule has 16 heteroatoms. The quantitative estimate of drug-likeness (QED) is 0.123. The number of carbonyl (C=O) groups excluding carboxylic acids is 4. The number of allylic oxidation sites excluding steroid dienone is 3. The SMILES string of the molecule is COc1cc2cc(c1Cl)N(C)C(=O)CC(OC(=O)CN(C)C(=O)CCCC[C@]1(C)CCSS1)[C@]1(C)O[C@H]1[C@H](C)[C@@H]1C[C@@](O)(NC(=O)O1)[C@H](O)/C=C/C=C(\C)C2. The number of nitrogens with zero attached hydrogens (tertiary/aromatic N) is 2. The highest BCUT2D eigenvalue weighted by Gasteiger charge is 2.64. The average molecular weight is 824 g/mol. The Bertz CT molecular complexity index is 1690. The number of aliphatic hydroxyl groups is 2. The Kier molecular flexibility index (Phi) is 13.9. The second kappa shape index (κ2) is 17.7. The summed E-state index contributed by atoms with van der Waals surface area (Å²) in [5, 5.41) is 25.0. The van der Waals surface area contributed by atoms with Gasteiger partial charge in [0.1, 0.15) is 41.2 Å². The third kappa shape index (κ3) is 10.3. The van der Waals surface area contributed by atoms with Crippen LogP contribution >= 0.6 is 33.2 Å². The number of epoxide rings is 1. The van der Waals surface area contributed by atoms with Gasteiger partial charge in [0.05, 0.1) is 25.3 Å². The zero-order valence-corrected chi connectivity index (χ0v) is 35.0. The summed E-state index contributed by atoms with van der Waals surface area (Å²) in [7, 11) is 8.41. The van der Waals surface area contributed by atoms with Crippen molar-refractivity contribution < 1.29 is 48.3 Å². The Labute approximate surface area is 336 Å². The molecule has 3 N–H and O–H groups in total. The molecular weight excluding hydrogens is 770 g/mol. The van der Waals surface area contributed by atoms with Gasteiger partial charge in [-0.1, -0.05) is 70.3 Å². The molecule has 5 rings (SSSR count). The third-order valence-corrected chi connectivity index (χ3v) is 14.8. The summed E-state index contributed by atoms with van der Waals surface area (Å²) in [5.74, 6) is -0.402. The highest BCUT2D eigenvalue weighted by molar-refractivity contribution is 8.77. The molecule has 3 amide bonds. The highest BCUT2D eigenvalue weighted by Crippen LogP contribution is 2.50. The number of alkyl carbamates (subject to hydrolysis) is 1. The zero-order valence-electron chi connectivity index (χ0n) is 32.6. The van der Waals surface area contributed by atoms with Gasteiger partial charge in [0, 0.05) is 43.4 Å². The van der Waals surface area contributed by atoms with E-state index in [4.69, 9.17) is 30.5 Å². The molecule has 4 bridgehead atoms. The number of amides is 3. The Hall–Kier alpha value is -2.95. The Balaban J connectivity index is 1.38. The lowest BCUT2D eigenvalue weighted by Gasteiger charge is -2.41. The van der Waals surface area contributed by atoms with Crippen molar-refractivity contribution in [2.45, 2.75) is 120 Å². The van der Waals surface area contributed by atoms with Gasteiger partial charge in [-0.15, -0.1) is 0 Å². The number of nitrogens with one attached hydrogen (secondary N) is 1. The number of rotatable bonds is 9. The van der Waals surface area contributed by atoms with Crippen LogP contribution in [0.15, 0.2) is 35.9 Å².